The molecule has 1 fully saturated rings. The van der Waals surface area contributed by atoms with Crippen molar-refractivity contribution in [2.24, 2.45) is 0 Å². The zero-order valence-corrected chi connectivity index (χ0v) is 10.9. The molecule has 1 aliphatic heterocycles. The number of para-hydroxylation sites is 1. The highest BCUT2D eigenvalue weighted by Gasteiger charge is 2.28. The number of benzene rings is 1. The van der Waals surface area contributed by atoms with Gasteiger partial charge in [0.15, 0.2) is 0 Å². The minimum absolute atomic E-state index is 0.123. The number of fused-ring (bicyclic) bond motifs is 1. The van der Waals surface area contributed by atoms with Crippen LogP contribution in [0.25, 0.3) is 10.9 Å². The third-order valence-corrected chi connectivity index (χ3v) is 3.52. The average molecular weight is 266 g/mol. The van der Waals surface area contributed by atoms with E-state index in [2.05, 4.69) is 16.4 Å². The summed E-state index contributed by atoms with van der Waals surface area (Å²) >= 11 is 0. The molecule has 0 bridgehead atoms. The normalized spacial score (nSPS) is 18.8. The third-order valence-electron chi connectivity index (χ3n) is 3.52. The quantitative estimate of drug-likeness (QED) is 0.841. The second kappa shape index (κ2) is 5.27. The molecule has 1 aromatic heterocycles. The number of carbonyl (C=O) groups excluding carboxylic acids is 1. The number of nitrogens with zero attached hydrogens (tertiary/aromatic N) is 3. The van der Waals surface area contributed by atoms with Crippen LogP contribution in [0.1, 0.15) is 10.4 Å². The van der Waals surface area contributed by atoms with Crippen molar-refractivity contribution in [2.45, 2.75) is 6.04 Å². The van der Waals surface area contributed by atoms with E-state index in [0.29, 0.717) is 30.7 Å². The van der Waals surface area contributed by atoms with E-state index >= 15 is 0 Å². The molecule has 20 heavy (non-hydrogen) atoms. The fourth-order valence-corrected chi connectivity index (χ4v) is 2.49. The lowest BCUT2D eigenvalue weighted by atomic mass is 10.1. The highest BCUT2D eigenvalue weighted by atomic mass is 16.2. The molecule has 1 saturated heterocycles. The molecule has 1 amide bonds. The van der Waals surface area contributed by atoms with Crippen molar-refractivity contribution in [3.05, 3.63) is 42.1 Å². The molecule has 0 saturated carbocycles. The van der Waals surface area contributed by atoms with E-state index in [1.807, 2.05) is 24.3 Å². The molecule has 0 aliphatic carbocycles. The molecule has 1 unspecified atom stereocenters. The van der Waals surface area contributed by atoms with Crippen LogP contribution < -0.4 is 5.32 Å². The first-order chi connectivity index (χ1) is 9.81. The first-order valence-electron chi connectivity index (χ1n) is 6.56. The number of carbonyl (C=O) groups is 1. The summed E-state index contributed by atoms with van der Waals surface area (Å²) in [5.41, 5.74) is 1.25. The number of nitriles is 1. The van der Waals surface area contributed by atoms with Crippen LogP contribution in [0.15, 0.2) is 36.5 Å². The Hall–Kier alpha value is -2.45. The number of piperazine rings is 1. The van der Waals surface area contributed by atoms with Gasteiger partial charge in [0.1, 0.15) is 6.04 Å². The largest absolute Gasteiger partial charge is 0.320 e. The van der Waals surface area contributed by atoms with Crippen LogP contribution in [0.3, 0.4) is 0 Å². The van der Waals surface area contributed by atoms with Crippen molar-refractivity contribution in [3.8, 4) is 6.07 Å². The first kappa shape index (κ1) is 12.6. The summed E-state index contributed by atoms with van der Waals surface area (Å²) < 4.78 is 0. The van der Waals surface area contributed by atoms with Crippen molar-refractivity contribution in [1.82, 2.24) is 15.2 Å². The molecule has 1 atom stereocenters. The van der Waals surface area contributed by atoms with Crippen LogP contribution in [0.4, 0.5) is 0 Å². The predicted molar refractivity (Wildman–Crippen MR) is 75.1 cm³/mol. The summed E-state index contributed by atoms with van der Waals surface area (Å²) in [6, 6.07) is 11.1. The van der Waals surface area contributed by atoms with Gasteiger partial charge in [-0.1, -0.05) is 18.2 Å². The highest BCUT2D eigenvalue weighted by molar-refractivity contribution is 6.05. The molecular weight excluding hydrogens is 252 g/mol. The Kier molecular flexibility index (Phi) is 3.32. The molecule has 0 radical (unpaired) electrons. The van der Waals surface area contributed by atoms with Crippen LogP contribution in [0.5, 0.6) is 0 Å². The maximum absolute atomic E-state index is 12.7. The number of nitrogens with one attached hydrogen (secondary N) is 1. The van der Waals surface area contributed by atoms with Gasteiger partial charge in [-0.25, -0.2) is 0 Å². The first-order valence-corrected chi connectivity index (χ1v) is 6.56. The second-order valence-corrected chi connectivity index (χ2v) is 4.73. The number of amides is 1. The van der Waals surface area contributed by atoms with E-state index < -0.39 is 6.04 Å². The molecule has 3 rings (SSSR count). The number of hydrogen-bond donors (Lipinski definition) is 1. The van der Waals surface area contributed by atoms with E-state index in [-0.39, 0.29) is 5.91 Å². The van der Waals surface area contributed by atoms with Crippen LogP contribution >= 0.6 is 0 Å². The lowest BCUT2D eigenvalue weighted by molar-refractivity contribution is 0.0689. The standard InChI is InChI=1S/C15H14N4O/c16-9-12-10-17-7-8-19(12)15(20)13-5-1-3-11-4-2-6-18-14(11)13/h1-6,12,17H,7-8,10H2. The van der Waals surface area contributed by atoms with E-state index in [0.717, 1.165) is 5.39 Å². The Morgan fingerprint density at radius 3 is 3.10 bits per heavy atom. The second-order valence-electron chi connectivity index (χ2n) is 4.73. The van der Waals surface area contributed by atoms with Crippen LogP contribution in [0.2, 0.25) is 0 Å². The summed E-state index contributed by atoms with van der Waals surface area (Å²) in [4.78, 5) is 18.6. The highest BCUT2D eigenvalue weighted by Crippen LogP contribution is 2.19. The summed E-state index contributed by atoms with van der Waals surface area (Å²) in [6.07, 6.45) is 1.68. The topological polar surface area (TPSA) is 69.0 Å². The molecule has 5 nitrogen and oxygen atoms in total. The Balaban J connectivity index is 2.02. The predicted octanol–water partition coefficient (Wildman–Crippen LogP) is 1.17. The molecule has 1 aliphatic rings. The van der Waals surface area contributed by atoms with Gasteiger partial charge in [-0.15, -0.1) is 0 Å². The molecule has 2 heterocycles. The minimum Gasteiger partial charge on any atom is -0.320 e. The van der Waals surface area contributed by atoms with Gasteiger partial charge >= 0.3 is 0 Å². The minimum atomic E-state index is -0.421. The van der Waals surface area contributed by atoms with Gasteiger partial charge in [0.05, 0.1) is 17.1 Å². The van der Waals surface area contributed by atoms with E-state index in [1.54, 1.807) is 17.2 Å². The average Bonchev–Trinajstić information content (AvgIpc) is 2.53. The number of pyridine rings is 1. The van der Waals surface area contributed by atoms with Gasteiger partial charge in [0.2, 0.25) is 0 Å². The van der Waals surface area contributed by atoms with Gasteiger partial charge in [0.25, 0.3) is 5.91 Å². The van der Waals surface area contributed by atoms with Crippen LogP contribution in [-0.2, 0) is 0 Å². The van der Waals surface area contributed by atoms with Gasteiger partial charge in [-0.05, 0) is 12.1 Å². The zero-order valence-electron chi connectivity index (χ0n) is 10.9. The summed E-state index contributed by atoms with van der Waals surface area (Å²) in [5.74, 6) is -0.123. The Morgan fingerprint density at radius 2 is 2.25 bits per heavy atom. The molecule has 5 heteroatoms. The van der Waals surface area contributed by atoms with Crippen LogP contribution in [-0.4, -0.2) is 41.5 Å². The maximum atomic E-state index is 12.7. The van der Waals surface area contributed by atoms with E-state index in [9.17, 15) is 10.1 Å². The van der Waals surface area contributed by atoms with Crippen molar-refractivity contribution < 1.29 is 4.79 Å². The van der Waals surface area contributed by atoms with E-state index in [1.165, 1.54) is 0 Å². The van der Waals surface area contributed by atoms with Crippen molar-refractivity contribution >= 4 is 16.8 Å². The van der Waals surface area contributed by atoms with Crippen molar-refractivity contribution in [1.29, 1.82) is 5.26 Å². The molecule has 2 aromatic rings. The van der Waals surface area contributed by atoms with Gasteiger partial charge in [-0.2, -0.15) is 5.26 Å². The zero-order chi connectivity index (χ0) is 13.9. The number of hydrogen-bond acceptors (Lipinski definition) is 4. The van der Waals surface area contributed by atoms with Crippen molar-refractivity contribution in [2.75, 3.05) is 19.6 Å². The SMILES string of the molecule is N#CC1CNCCN1C(=O)c1cccc2cccnc12. The Morgan fingerprint density at radius 1 is 1.40 bits per heavy atom. The molecule has 0 spiro atoms. The molecule has 1 N–H and O–H groups in total. The molecule has 100 valence electrons. The van der Waals surface area contributed by atoms with Gasteiger partial charge in [0, 0.05) is 31.2 Å². The Labute approximate surface area is 116 Å². The monoisotopic (exact) mass is 266 g/mol. The fraction of sp³-hybridized carbons (Fsp3) is 0.267. The summed E-state index contributed by atoms with van der Waals surface area (Å²) in [6.45, 7) is 1.77. The number of aromatic nitrogens is 1. The van der Waals surface area contributed by atoms with Gasteiger partial charge < -0.3 is 10.2 Å². The number of rotatable bonds is 1. The Bertz CT molecular complexity index is 686. The van der Waals surface area contributed by atoms with Crippen molar-refractivity contribution in [3.63, 3.8) is 0 Å². The molecular formula is C15H14N4O. The van der Waals surface area contributed by atoms with E-state index in [4.69, 9.17) is 0 Å². The lowest BCUT2D eigenvalue weighted by Crippen LogP contribution is -2.53. The third kappa shape index (κ3) is 2.10. The fourth-order valence-electron chi connectivity index (χ4n) is 2.49. The lowest BCUT2D eigenvalue weighted by Gasteiger charge is -2.32. The summed E-state index contributed by atoms with van der Waals surface area (Å²) in [7, 11) is 0. The van der Waals surface area contributed by atoms with Gasteiger partial charge in [-0.3, -0.25) is 9.78 Å². The smallest absolute Gasteiger partial charge is 0.257 e. The molecule has 1 aromatic carbocycles. The summed E-state index contributed by atoms with van der Waals surface area (Å²) in [5, 5.41) is 13.2. The van der Waals surface area contributed by atoms with Crippen LogP contribution in [0, 0.1) is 11.3 Å². The maximum Gasteiger partial charge on any atom is 0.257 e.